The average molecular weight is 409 g/mol. The Morgan fingerprint density at radius 3 is 2.33 bits per heavy atom. The number of hydrogen-bond donors (Lipinski definition) is 2. The van der Waals surface area contributed by atoms with Crippen LogP contribution in [0.3, 0.4) is 0 Å². The molecule has 0 unspecified atom stereocenters. The molecular weight excluding hydrogens is 378 g/mol. The summed E-state index contributed by atoms with van der Waals surface area (Å²) in [5.74, 6) is 1.49. The molecule has 30 heavy (non-hydrogen) atoms. The summed E-state index contributed by atoms with van der Waals surface area (Å²) in [5, 5.41) is 3.04. The molecule has 0 spiro atoms. The summed E-state index contributed by atoms with van der Waals surface area (Å²) in [5.41, 5.74) is 4.42. The van der Waals surface area contributed by atoms with E-state index >= 15 is 0 Å². The predicted octanol–water partition coefficient (Wildman–Crippen LogP) is 2.34. The molecule has 1 aromatic heterocycles. The molecule has 6 nitrogen and oxygen atoms in total. The fourth-order valence-corrected chi connectivity index (χ4v) is 3.41. The van der Waals surface area contributed by atoms with Crippen LogP contribution in [0.2, 0.25) is 0 Å². The molecule has 3 aromatic rings. The van der Waals surface area contributed by atoms with Gasteiger partial charge in [-0.25, -0.2) is 0 Å². The Balaban J connectivity index is 2.07. The largest absolute Gasteiger partial charge is 0.497 e. The van der Waals surface area contributed by atoms with E-state index in [2.05, 4.69) is 24.0 Å². The van der Waals surface area contributed by atoms with Gasteiger partial charge in [0.2, 0.25) is 0 Å². The van der Waals surface area contributed by atoms with E-state index < -0.39 is 0 Å². The maximum Gasteiger partial charge on any atom is 0.253 e. The SMILES string of the molecule is COc1ccc(-c2cc(C(=O)NCC[NH+](C)C)c(C)n2-c2cccc(OC)c2)cc1. The van der Waals surface area contributed by atoms with E-state index in [9.17, 15) is 4.79 Å². The maximum absolute atomic E-state index is 12.9. The van der Waals surface area contributed by atoms with E-state index in [1.165, 1.54) is 4.90 Å². The van der Waals surface area contributed by atoms with Crippen molar-refractivity contribution < 1.29 is 19.2 Å². The third-order valence-corrected chi connectivity index (χ3v) is 5.10. The zero-order valence-corrected chi connectivity index (χ0v) is 18.3. The Morgan fingerprint density at radius 1 is 1.00 bits per heavy atom. The molecule has 0 aliphatic carbocycles. The molecule has 158 valence electrons. The second-order valence-corrected chi connectivity index (χ2v) is 7.51. The second-order valence-electron chi connectivity index (χ2n) is 7.51. The van der Waals surface area contributed by atoms with Crippen molar-refractivity contribution in [3.63, 3.8) is 0 Å². The topological polar surface area (TPSA) is 56.9 Å². The van der Waals surface area contributed by atoms with Crippen LogP contribution in [0.25, 0.3) is 16.9 Å². The molecule has 1 heterocycles. The number of benzene rings is 2. The zero-order chi connectivity index (χ0) is 21.7. The smallest absolute Gasteiger partial charge is 0.253 e. The van der Waals surface area contributed by atoms with Gasteiger partial charge in [0.1, 0.15) is 11.5 Å². The Morgan fingerprint density at radius 2 is 1.70 bits per heavy atom. The normalized spacial score (nSPS) is 10.9. The molecule has 1 amide bonds. The van der Waals surface area contributed by atoms with Crippen LogP contribution < -0.4 is 19.7 Å². The Kier molecular flexibility index (Phi) is 6.79. The summed E-state index contributed by atoms with van der Waals surface area (Å²) < 4.78 is 12.8. The van der Waals surface area contributed by atoms with Gasteiger partial charge in [-0.1, -0.05) is 6.07 Å². The number of amides is 1. The number of methoxy groups -OCH3 is 2. The van der Waals surface area contributed by atoms with Crippen LogP contribution in [0.1, 0.15) is 16.1 Å². The van der Waals surface area contributed by atoms with E-state index in [-0.39, 0.29) is 5.91 Å². The number of hydrogen-bond acceptors (Lipinski definition) is 3. The monoisotopic (exact) mass is 408 g/mol. The Hall–Kier alpha value is -3.25. The first-order chi connectivity index (χ1) is 14.4. The molecule has 0 saturated heterocycles. The van der Waals surface area contributed by atoms with Crippen molar-refractivity contribution in [2.75, 3.05) is 41.4 Å². The number of quaternary nitrogens is 1. The van der Waals surface area contributed by atoms with E-state index in [1.54, 1.807) is 14.2 Å². The number of rotatable bonds is 8. The summed E-state index contributed by atoms with van der Waals surface area (Å²) in [4.78, 5) is 14.2. The molecule has 0 fully saturated rings. The van der Waals surface area contributed by atoms with Gasteiger partial charge >= 0.3 is 0 Å². The number of carbonyl (C=O) groups excluding carboxylic acids is 1. The first kappa shape index (κ1) is 21.5. The van der Waals surface area contributed by atoms with Crippen molar-refractivity contribution in [2.24, 2.45) is 0 Å². The van der Waals surface area contributed by atoms with E-state index in [0.29, 0.717) is 12.1 Å². The average Bonchev–Trinajstić information content (AvgIpc) is 3.10. The summed E-state index contributed by atoms with van der Waals surface area (Å²) in [6.07, 6.45) is 0. The van der Waals surface area contributed by atoms with Gasteiger partial charge in [-0.05, 0) is 55.0 Å². The van der Waals surface area contributed by atoms with Gasteiger partial charge in [0.05, 0.1) is 52.7 Å². The van der Waals surface area contributed by atoms with Gasteiger partial charge in [-0.2, -0.15) is 0 Å². The molecule has 2 aromatic carbocycles. The summed E-state index contributed by atoms with van der Waals surface area (Å²) in [7, 11) is 7.44. The fourth-order valence-electron chi connectivity index (χ4n) is 3.41. The van der Waals surface area contributed by atoms with Crippen molar-refractivity contribution in [3.8, 4) is 28.4 Å². The summed E-state index contributed by atoms with van der Waals surface area (Å²) >= 11 is 0. The van der Waals surface area contributed by atoms with Crippen molar-refractivity contribution in [1.82, 2.24) is 9.88 Å². The summed E-state index contributed by atoms with van der Waals surface area (Å²) in [6, 6.07) is 17.6. The molecule has 0 atom stereocenters. The highest BCUT2D eigenvalue weighted by Gasteiger charge is 2.20. The van der Waals surface area contributed by atoms with E-state index in [1.807, 2.05) is 61.5 Å². The van der Waals surface area contributed by atoms with Crippen LogP contribution >= 0.6 is 0 Å². The van der Waals surface area contributed by atoms with E-state index in [4.69, 9.17) is 9.47 Å². The van der Waals surface area contributed by atoms with Crippen LogP contribution in [0, 0.1) is 6.92 Å². The molecule has 0 radical (unpaired) electrons. The van der Waals surface area contributed by atoms with Crippen molar-refractivity contribution in [2.45, 2.75) is 6.92 Å². The van der Waals surface area contributed by atoms with Gasteiger partial charge in [0.25, 0.3) is 5.91 Å². The quantitative estimate of drug-likeness (QED) is 0.602. The number of aromatic nitrogens is 1. The van der Waals surface area contributed by atoms with Gasteiger partial charge in [-0.3, -0.25) is 4.79 Å². The lowest BCUT2D eigenvalue weighted by atomic mass is 10.1. The predicted molar refractivity (Wildman–Crippen MR) is 119 cm³/mol. The van der Waals surface area contributed by atoms with Gasteiger partial charge in [-0.15, -0.1) is 0 Å². The first-order valence-electron chi connectivity index (χ1n) is 10.0. The highest BCUT2D eigenvalue weighted by atomic mass is 16.5. The van der Waals surface area contributed by atoms with Crippen LogP contribution in [0.5, 0.6) is 11.5 Å². The highest BCUT2D eigenvalue weighted by molar-refractivity contribution is 5.97. The Bertz CT molecular complexity index is 1010. The van der Waals surface area contributed by atoms with Crippen molar-refractivity contribution in [1.29, 1.82) is 0 Å². The molecule has 0 bridgehead atoms. The van der Waals surface area contributed by atoms with Crippen LogP contribution in [0.4, 0.5) is 0 Å². The second kappa shape index (κ2) is 9.50. The molecular formula is C24H30N3O3+. The van der Waals surface area contributed by atoms with E-state index in [0.717, 1.165) is 40.7 Å². The number of nitrogens with one attached hydrogen (secondary N) is 2. The van der Waals surface area contributed by atoms with Gasteiger partial charge < -0.3 is 24.3 Å². The van der Waals surface area contributed by atoms with Crippen molar-refractivity contribution >= 4 is 5.91 Å². The lowest BCUT2D eigenvalue weighted by Crippen LogP contribution is -3.06. The lowest BCUT2D eigenvalue weighted by molar-refractivity contribution is -0.856. The van der Waals surface area contributed by atoms with Crippen LogP contribution in [0.15, 0.2) is 54.6 Å². The maximum atomic E-state index is 12.9. The number of likely N-dealkylation sites (N-methyl/N-ethyl adjacent to an activating group) is 1. The molecule has 0 aliphatic heterocycles. The first-order valence-corrected chi connectivity index (χ1v) is 10.0. The molecule has 6 heteroatoms. The Labute approximate surface area is 178 Å². The van der Waals surface area contributed by atoms with Gasteiger partial charge in [0.15, 0.2) is 0 Å². The van der Waals surface area contributed by atoms with Crippen LogP contribution in [-0.2, 0) is 0 Å². The third kappa shape index (κ3) is 4.66. The molecule has 3 rings (SSSR count). The number of carbonyl (C=O) groups is 1. The minimum Gasteiger partial charge on any atom is -0.497 e. The van der Waals surface area contributed by atoms with Crippen LogP contribution in [-0.4, -0.2) is 51.9 Å². The minimum absolute atomic E-state index is 0.0647. The standard InChI is InChI=1S/C24H29N3O3/c1-17-22(24(28)25-13-14-26(2)3)16-23(18-9-11-20(29-4)12-10-18)27(17)19-7-6-8-21(15-19)30-5/h6-12,15-16H,13-14H2,1-5H3,(H,25,28)/p+1. The fraction of sp³-hybridized carbons (Fsp3) is 0.292. The zero-order valence-electron chi connectivity index (χ0n) is 18.3. The van der Waals surface area contributed by atoms with Gasteiger partial charge in [0, 0.05) is 17.4 Å². The molecule has 0 saturated carbocycles. The minimum atomic E-state index is -0.0647. The molecule has 0 aliphatic rings. The van der Waals surface area contributed by atoms with Crippen molar-refractivity contribution in [3.05, 3.63) is 65.9 Å². The third-order valence-electron chi connectivity index (χ3n) is 5.10. The highest BCUT2D eigenvalue weighted by Crippen LogP contribution is 2.31. The number of nitrogens with zero attached hydrogens (tertiary/aromatic N) is 1. The lowest BCUT2D eigenvalue weighted by Gasteiger charge is -2.14. The summed E-state index contributed by atoms with van der Waals surface area (Å²) in [6.45, 7) is 3.47. The number of ether oxygens (including phenoxy) is 2. The molecule has 2 N–H and O–H groups in total.